The van der Waals surface area contributed by atoms with Crippen LogP contribution in [0.25, 0.3) is 22.7 Å². The Morgan fingerprint density at radius 2 is 1.73 bits per heavy atom. The van der Waals surface area contributed by atoms with Gasteiger partial charge >= 0.3 is 0 Å². The van der Waals surface area contributed by atoms with Crippen molar-refractivity contribution in [1.82, 2.24) is 24.9 Å². The van der Waals surface area contributed by atoms with E-state index < -0.39 is 17.5 Å². The van der Waals surface area contributed by atoms with Crippen molar-refractivity contribution < 1.29 is 13.6 Å². The monoisotopic (exact) mass is 449 g/mol. The number of amides is 1. The van der Waals surface area contributed by atoms with Crippen LogP contribution in [-0.2, 0) is 11.3 Å². The van der Waals surface area contributed by atoms with Gasteiger partial charge in [0.05, 0.1) is 18.5 Å². The second kappa shape index (κ2) is 9.43. The lowest BCUT2D eigenvalue weighted by Crippen LogP contribution is -2.39. The summed E-state index contributed by atoms with van der Waals surface area (Å²) in [6.45, 7) is 1.79. The highest BCUT2D eigenvalue weighted by molar-refractivity contribution is 5.79. The lowest BCUT2D eigenvalue weighted by atomic mass is 10.1. The van der Waals surface area contributed by atoms with E-state index in [4.69, 9.17) is 4.42 Å². The molecule has 1 unspecified atom stereocenters. The number of nitrogens with one attached hydrogen (secondary N) is 1. The molecule has 0 bridgehead atoms. The summed E-state index contributed by atoms with van der Waals surface area (Å²) in [5, 5.41) is 11.2. The maximum absolute atomic E-state index is 13.2. The van der Waals surface area contributed by atoms with E-state index in [1.807, 2.05) is 0 Å². The number of carbonyl (C=O) groups is 1. The number of hydrogen-bond acceptors (Lipinski definition) is 6. The molecule has 4 rings (SSSR count). The van der Waals surface area contributed by atoms with Crippen LogP contribution in [0.1, 0.15) is 13.0 Å². The smallest absolute Gasteiger partial charge is 0.267 e. The van der Waals surface area contributed by atoms with Crippen LogP contribution in [0.15, 0.2) is 80.9 Å². The number of rotatable bonds is 7. The van der Waals surface area contributed by atoms with Gasteiger partial charge in [-0.05, 0) is 55.5 Å². The minimum atomic E-state index is -0.906. The molecule has 0 fully saturated rings. The van der Waals surface area contributed by atoms with Crippen molar-refractivity contribution in [3.8, 4) is 22.7 Å². The summed E-state index contributed by atoms with van der Waals surface area (Å²) in [7, 11) is 0. The number of benzene rings is 1. The summed E-state index contributed by atoms with van der Waals surface area (Å²) in [4.78, 5) is 37.0. The van der Waals surface area contributed by atoms with Crippen molar-refractivity contribution in [1.29, 1.82) is 0 Å². The highest BCUT2D eigenvalue weighted by Gasteiger charge is 2.18. The molecule has 33 heavy (non-hydrogen) atoms. The molecule has 3 aromatic heterocycles. The molecule has 1 aromatic carbocycles. The molecule has 9 nitrogen and oxygen atoms in total. The van der Waals surface area contributed by atoms with Gasteiger partial charge in [0.25, 0.3) is 11.1 Å². The standard InChI is InChI=1S/C23H20FN5O4/c1-15(29-22(31)11-8-18(27-29)16-4-6-17(24)7-5-16)23(32)25-12-13-28-21(30)10-9-19(26-28)20-3-2-14-33-20/h2-11,14-15H,12-13H2,1H3,(H,25,32). The Morgan fingerprint density at radius 1 is 1.00 bits per heavy atom. The van der Waals surface area contributed by atoms with Gasteiger partial charge in [-0.2, -0.15) is 10.2 Å². The zero-order valence-electron chi connectivity index (χ0n) is 17.6. The molecule has 0 aliphatic carbocycles. The van der Waals surface area contributed by atoms with E-state index in [2.05, 4.69) is 15.5 Å². The van der Waals surface area contributed by atoms with E-state index in [9.17, 15) is 18.8 Å². The van der Waals surface area contributed by atoms with Gasteiger partial charge in [-0.25, -0.2) is 13.8 Å². The minimum absolute atomic E-state index is 0.115. The Morgan fingerprint density at radius 3 is 2.45 bits per heavy atom. The Kier molecular flexibility index (Phi) is 6.25. The first-order valence-corrected chi connectivity index (χ1v) is 10.2. The summed E-state index contributed by atoms with van der Waals surface area (Å²) in [6, 6.07) is 14.0. The first-order valence-electron chi connectivity index (χ1n) is 10.2. The first-order chi connectivity index (χ1) is 15.9. The van der Waals surface area contributed by atoms with E-state index in [0.29, 0.717) is 22.7 Å². The molecule has 1 N–H and O–H groups in total. The normalized spacial score (nSPS) is 11.8. The maximum Gasteiger partial charge on any atom is 0.267 e. The quantitative estimate of drug-likeness (QED) is 0.463. The average molecular weight is 449 g/mol. The lowest BCUT2D eigenvalue weighted by Gasteiger charge is -2.15. The molecule has 168 valence electrons. The highest BCUT2D eigenvalue weighted by Crippen LogP contribution is 2.17. The van der Waals surface area contributed by atoms with Crippen molar-refractivity contribution in [3.63, 3.8) is 0 Å². The van der Waals surface area contributed by atoms with Crippen LogP contribution in [0, 0.1) is 5.82 Å². The average Bonchev–Trinajstić information content (AvgIpc) is 3.36. The predicted molar refractivity (Wildman–Crippen MR) is 118 cm³/mol. The van der Waals surface area contributed by atoms with Gasteiger partial charge in [0, 0.05) is 24.2 Å². The molecule has 0 radical (unpaired) electrons. The molecule has 3 heterocycles. The van der Waals surface area contributed by atoms with Gasteiger partial charge in [-0.15, -0.1) is 0 Å². The molecule has 4 aromatic rings. The fourth-order valence-corrected chi connectivity index (χ4v) is 3.19. The molecule has 0 saturated carbocycles. The summed E-state index contributed by atoms with van der Waals surface area (Å²) >= 11 is 0. The molecule has 10 heteroatoms. The summed E-state index contributed by atoms with van der Waals surface area (Å²) in [5.41, 5.74) is 0.761. The third-order valence-corrected chi connectivity index (χ3v) is 4.97. The van der Waals surface area contributed by atoms with Gasteiger partial charge in [0.2, 0.25) is 5.91 Å². The van der Waals surface area contributed by atoms with E-state index in [-0.39, 0.29) is 24.5 Å². The number of furan rings is 1. The van der Waals surface area contributed by atoms with Crippen molar-refractivity contribution >= 4 is 5.91 Å². The van der Waals surface area contributed by atoms with Gasteiger partial charge in [0.15, 0.2) is 5.76 Å². The van der Waals surface area contributed by atoms with Crippen LogP contribution in [0.2, 0.25) is 0 Å². The Hall–Kier alpha value is -4.34. The van der Waals surface area contributed by atoms with Crippen molar-refractivity contribution in [3.05, 3.63) is 93.5 Å². The van der Waals surface area contributed by atoms with Crippen LogP contribution < -0.4 is 16.4 Å². The molecule has 0 saturated heterocycles. The largest absolute Gasteiger partial charge is 0.463 e. The summed E-state index contributed by atoms with van der Waals surface area (Å²) in [6.07, 6.45) is 1.51. The van der Waals surface area contributed by atoms with Gasteiger partial charge in [0.1, 0.15) is 17.6 Å². The van der Waals surface area contributed by atoms with Crippen molar-refractivity contribution in [2.75, 3.05) is 6.54 Å². The Balaban J connectivity index is 1.44. The Bertz CT molecular complexity index is 1380. The van der Waals surface area contributed by atoms with Crippen LogP contribution >= 0.6 is 0 Å². The predicted octanol–water partition coefficient (Wildman–Crippen LogP) is 2.24. The maximum atomic E-state index is 13.2. The zero-order chi connectivity index (χ0) is 23.4. The zero-order valence-corrected chi connectivity index (χ0v) is 17.6. The first kappa shape index (κ1) is 21.9. The van der Waals surface area contributed by atoms with Gasteiger partial charge < -0.3 is 9.73 Å². The number of hydrogen-bond donors (Lipinski definition) is 1. The SMILES string of the molecule is CC(C(=O)NCCn1nc(-c2ccco2)ccc1=O)n1nc(-c2ccc(F)cc2)ccc1=O. The lowest BCUT2D eigenvalue weighted by molar-refractivity contribution is -0.124. The van der Waals surface area contributed by atoms with E-state index >= 15 is 0 Å². The van der Waals surface area contributed by atoms with E-state index in [0.717, 1.165) is 4.68 Å². The summed E-state index contributed by atoms with van der Waals surface area (Å²) < 4.78 is 20.8. The van der Waals surface area contributed by atoms with Crippen LogP contribution in [0.5, 0.6) is 0 Å². The molecule has 1 atom stereocenters. The molecule has 0 aliphatic heterocycles. The summed E-state index contributed by atoms with van der Waals surface area (Å²) in [5.74, 6) is -0.313. The van der Waals surface area contributed by atoms with Crippen molar-refractivity contribution in [2.24, 2.45) is 0 Å². The van der Waals surface area contributed by atoms with Crippen LogP contribution in [0.4, 0.5) is 4.39 Å². The molecule has 0 aliphatic rings. The van der Waals surface area contributed by atoms with E-state index in [1.165, 1.54) is 41.3 Å². The molecular weight excluding hydrogens is 429 g/mol. The Labute approximate surface area is 187 Å². The molecule has 0 spiro atoms. The number of halogens is 1. The second-order valence-corrected chi connectivity index (χ2v) is 7.23. The third-order valence-electron chi connectivity index (χ3n) is 4.97. The molecule has 1 amide bonds. The van der Waals surface area contributed by atoms with Crippen LogP contribution in [-0.4, -0.2) is 32.0 Å². The van der Waals surface area contributed by atoms with Gasteiger partial charge in [-0.3, -0.25) is 14.4 Å². The van der Waals surface area contributed by atoms with Crippen LogP contribution in [0.3, 0.4) is 0 Å². The minimum Gasteiger partial charge on any atom is -0.463 e. The highest BCUT2D eigenvalue weighted by atomic mass is 19.1. The van der Waals surface area contributed by atoms with Crippen molar-refractivity contribution in [2.45, 2.75) is 19.5 Å². The topological polar surface area (TPSA) is 112 Å². The third kappa shape index (κ3) is 4.95. The number of carbonyl (C=O) groups excluding carboxylic acids is 1. The van der Waals surface area contributed by atoms with Gasteiger partial charge in [-0.1, -0.05) is 0 Å². The fraction of sp³-hybridized carbons (Fsp3) is 0.174. The fourth-order valence-electron chi connectivity index (χ4n) is 3.19. The molecular formula is C23H20FN5O4. The van der Waals surface area contributed by atoms with E-state index in [1.54, 1.807) is 37.3 Å². The second-order valence-electron chi connectivity index (χ2n) is 7.23. The number of nitrogens with zero attached hydrogens (tertiary/aromatic N) is 4. The number of aromatic nitrogens is 4.